The Morgan fingerprint density at radius 3 is 2.30 bits per heavy atom. The van der Waals surface area contributed by atoms with E-state index in [0.717, 1.165) is 12.1 Å². The summed E-state index contributed by atoms with van der Waals surface area (Å²) in [5.74, 6) is 0.983. The first kappa shape index (κ1) is 20.9. The number of guanidine groups is 1. The summed E-state index contributed by atoms with van der Waals surface area (Å²) in [5.41, 5.74) is 2.28. The molecular formula is C20H28N4O2S. The average Bonchev–Trinajstić information content (AvgIpc) is 2.68. The molecule has 0 heterocycles. The van der Waals surface area contributed by atoms with Crippen molar-refractivity contribution >= 4 is 16.0 Å². The van der Waals surface area contributed by atoms with Crippen molar-refractivity contribution in [2.24, 2.45) is 4.99 Å². The number of sulfonamides is 1. The van der Waals surface area contributed by atoms with Gasteiger partial charge in [-0.2, -0.15) is 0 Å². The Balaban J connectivity index is 1.75. The first-order chi connectivity index (χ1) is 12.9. The van der Waals surface area contributed by atoms with Crippen molar-refractivity contribution in [1.29, 1.82) is 0 Å². The summed E-state index contributed by atoms with van der Waals surface area (Å²) in [5, 5.41) is 6.39. The van der Waals surface area contributed by atoms with Gasteiger partial charge in [0.05, 0.1) is 4.90 Å². The predicted molar refractivity (Wildman–Crippen MR) is 111 cm³/mol. The summed E-state index contributed by atoms with van der Waals surface area (Å²) in [6.45, 7) is 5.50. The van der Waals surface area contributed by atoms with E-state index in [4.69, 9.17) is 0 Å². The molecule has 146 valence electrons. The molecule has 0 radical (unpaired) electrons. The number of aryl methyl sites for hydroxylation is 1. The van der Waals surface area contributed by atoms with Gasteiger partial charge < -0.3 is 10.6 Å². The second-order valence-corrected chi connectivity index (χ2v) is 8.17. The van der Waals surface area contributed by atoms with E-state index in [1.165, 1.54) is 5.56 Å². The van der Waals surface area contributed by atoms with Gasteiger partial charge in [-0.1, -0.05) is 55.0 Å². The second-order valence-electron chi connectivity index (χ2n) is 6.40. The molecule has 27 heavy (non-hydrogen) atoms. The lowest BCUT2D eigenvalue weighted by Gasteiger charge is -2.16. The lowest BCUT2D eigenvalue weighted by atomic mass is 10.0. The molecule has 0 bridgehead atoms. The maximum Gasteiger partial charge on any atom is 0.240 e. The van der Waals surface area contributed by atoms with E-state index in [1.54, 1.807) is 31.3 Å². The van der Waals surface area contributed by atoms with E-state index in [0.29, 0.717) is 18.4 Å². The standard InChI is InChI=1S/C20H28N4O2S/c1-16-9-11-19(12-10-16)27(25,26)24-14-13-22-20(21-3)23-15-17(2)18-7-5-4-6-8-18/h4-12,17,24H,13-15H2,1-3H3,(H2,21,22,23). The van der Waals surface area contributed by atoms with E-state index in [2.05, 4.69) is 39.4 Å². The molecule has 1 atom stereocenters. The van der Waals surface area contributed by atoms with Gasteiger partial charge in [-0.15, -0.1) is 0 Å². The first-order valence-corrected chi connectivity index (χ1v) is 10.5. The number of hydrogen-bond donors (Lipinski definition) is 3. The minimum absolute atomic E-state index is 0.269. The summed E-state index contributed by atoms with van der Waals surface area (Å²) in [6.07, 6.45) is 0. The molecule has 2 rings (SSSR count). The Morgan fingerprint density at radius 2 is 1.67 bits per heavy atom. The zero-order valence-corrected chi connectivity index (χ0v) is 16.9. The molecule has 0 aliphatic rings. The Morgan fingerprint density at radius 1 is 1.00 bits per heavy atom. The minimum Gasteiger partial charge on any atom is -0.356 e. The number of nitrogens with zero attached hydrogens (tertiary/aromatic N) is 1. The van der Waals surface area contributed by atoms with E-state index in [9.17, 15) is 8.42 Å². The molecule has 0 saturated carbocycles. The van der Waals surface area contributed by atoms with Crippen molar-refractivity contribution in [2.75, 3.05) is 26.7 Å². The highest BCUT2D eigenvalue weighted by Crippen LogP contribution is 2.12. The van der Waals surface area contributed by atoms with Crippen LogP contribution in [0.3, 0.4) is 0 Å². The quantitative estimate of drug-likeness (QED) is 0.368. The summed E-state index contributed by atoms with van der Waals surface area (Å²) >= 11 is 0. The Hall–Kier alpha value is -2.38. The van der Waals surface area contributed by atoms with Crippen LogP contribution in [0, 0.1) is 6.92 Å². The molecule has 0 aromatic heterocycles. The molecule has 6 nitrogen and oxygen atoms in total. The van der Waals surface area contributed by atoms with E-state index < -0.39 is 10.0 Å². The van der Waals surface area contributed by atoms with Gasteiger partial charge in [-0.3, -0.25) is 4.99 Å². The third kappa shape index (κ3) is 6.69. The molecule has 0 amide bonds. The summed E-state index contributed by atoms with van der Waals surface area (Å²) in [7, 11) is -1.80. The van der Waals surface area contributed by atoms with Crippen LogP contribution in [-0.2, 0) is 10.0 Å². The van der Waals surface area contributed by atoms with Crippen LogP contribution in [0.1, 0.15) is 24.0 Å². The van der Waals surface area contributed by atoms with Gasteiger partial charge in [-0.05, 0) is 30.5 Å². The van der Waals surface area contributed by atoms with Gasteiger partial charge in [0.1, 0.15) is 0 Å². The van der Waals surface area contributed by atoms with Crippen LogP contribution in [0.25, 0.3) is 0 Å². The second kappa shape index (κ2) is 10.1. The topological polar surface area (TPSA) is 82.6 Å². The Labute approximate surface area is 162 Å². The fraction of sp³-hybridized carbons (Fsp3) is 0.350. The maximum atomic E-state index is 12.2. The highest BCUT2D eigenvalue weighted by atomic mass is 32.2. The van der Waals surface area contributed by atoms with Crippen LogP contribution in [-0.4, -0.2) is 41.1 Å². The highest BCUT2D eigenvalue weighted by Gasteiger charge is 2.12. The van der Waals surface area contributed by atoms with E-state index >= 15 is 0 Å². The zero-order chi connectivity index (χ0) is 19.7. The maximum absolute atomic E-state index is 12.2. The summed E-state index contributed by atoms with van der Waals surface area (Å²) in [6, 6.07) is 17.0. The molecule has 2 aromatic carbocycles. The molecule has 0 aliphatic heterocycles. The molecule has 1 unspecified atom stereocenters. The lowest BCUT2D eigenvalue weighted by molar-refractivity contribution is 0.580. The Kier molecular flexibility index (Phi) is 7.82. The summed E-state index contributed by atoms with van der Waals surface area (Å²) < 4.78 is 27.1. The van der Waals surface area contributed by atoms with Gasteiger partial charge in [0, 0.05) is 26.7 Å². The fourth-order valence-electron chi connectivity index (χ4n) is 2.54. The SMILES string of the molecule is CN=C(NCCNS(=O)(=O)c1ccc(C)cc1)NCC(C)c1ccccc1. The van der Waals surface area contributed by atoms with Crippen molar-refractivity contribution in [1.82, 2.24) is 15.4 Å². The van der Waals surface area contributed by atoms with Crippen LogP contribution >= 0.6 is 0 Å². The van der Waals surface area contributed by atoms with Gasteiger partial charge in [0.15, 0.2) is 5.96 Å². The van der Waals surface area contributed by atoms with E-state index in [-0.39, 0.29) is 11.4 Å². The minimum atomic E-state index is -3.49. The van der Waals surface area contributed by atoms with Crippen molar-refractivity contribution in [2.45, 2.75) is 24.7 Å². The third-order valence-corrected chi connectivity index (χ3v) is 5.69. The number of aliphatic imine (C=N–C) groups is 1. The van der Waals surface area contributed by atoms with Crippen molar-refractivity contribution in [3.05, 3.63) is 65.7 Å². The van der Waals surface area contributed by atoms with Gasteiger partial charge >= 0.3 is 0 Å². The van der Waals surface area contributed by atoms with Gasteiger partial charge in [0.25, 0.3) is 0 Å². The molecule has 0 fully saturated rings. The Bertz CT molecular complexity index is 834. The lowest BCUT2D eigenvalue weighted by Crippen LogP contribution is -2.42. The molecule has 3 N–H and O–H groups in total. The van der Waals surface area contributed by atoms with Crippen LogP contribution in [0.15, 0.2) is 64.5 Å². The summed E-state index contributed by atoms with van der Waals surface area (Å²) in [4.78, 5) is 4.44. The highest BCUT2D eigenvalue weighted by molar-refractivity contribution is 7.89. The monoisotopic (exact) mass is 388 g/mol. The first-order valence-electron chi connectivity index (χ1n) is 8.98. The zero-order valence-electron chi connectivity index (χ0n) is 16.1. The molecule has 0 aliphatic carbocycles. The van der Waals surface area contributed by atoms with Crippen LogP contribution < -0.4 is 15.4 Å². The smallest absolute Gasteiger partial charge is 0.240 e. The number of rotatable bonds is 8. The number of nitrogens with one attached hydrogen (secondary N) is 3. The van der Waals surface area contributed by atoms with Crippen LogP contribution in [0.2, 0.25) is 0 Å². The molecule has 7 heteroatoms. The normalized spacial score (nSPS) is 13.2. The van der Waals surface area contributed by atoms with Gasteiger partial charge in [0.2, 0.25) is 10.0 Å². The average molecular weight is 389 g/mol. The fourth-order valence-corrected chi connectivity index (χ4v) is 3.57. The largest absolute Gasteiger partial charge is 0.356 e. The molecule has 2 aromatic rings. The number of benzene rings is 2. The van der Waals surface area contributed by atoms with Crippen molar-refractivity contribution in [3.63, 3.8) is 0 Å². The number of hydrogen-bond acceptors (Lipinski definition) is 3. The van der Waals surface area contributed by atoms with Crippen molar-refractivity contribution in [3.8, 4) is 0 Å². The molecule has 0 saturated heterocycles. The van der Waals surface area contributed by atoms with Crippen LogP contribution in [0.4, 0.5) is 0 Å². The third-order valence-electron chi connectivity index (χ3n) is 4.21. The van der Waals surface area contributed by atoms with E-state index in [1.807, 2.05) is 25.1 Å². The van der Waals surface area contributed by atoms with Crippen molar-refractivity contribution < 1.29 is 8.42 Å². The predicted octanol–water partition coefficient (Wildman–Crippen LogP) is 2.24. The van der Waals surface area contributed by atoms with Crippen LogP contribution in [0.5, 0.6) is 0 Å². The van der Waals surface area contributed by atoms with Gasteiger partial charge in [-0.25, -0.2) is 13.1 Å². The molecular weight excluding hydrogens is 360 g/mol. The molecule has 0 spiro atoms.